The fourth-order valence-electron chi connectivity index (χ4n) is 1.41. The molecule has 0 atom stereocenters. The molecule has 0 saturated heterocycles. The van der Waals surface area contributed by atoms with Gasteiger partial charge in [-0.15, -0.1) is 0 Å². The van der Waals surface area contributed by atoms with E-state index in [1.165, 1.54) is 24.4 Å². The maximum Gasteiger partial charge on any atom is 0.270 e. The van der Waals surface area contributed by atoms with Crippen molar-refractivity contribution in [2.24, 2.45) is 4.99 Å². The predicted octanol–water partition coefficient (Wildman–Crippen LogP) is 4.65. The first-order valence-electron chi connectivity index (χ1n) is 5.30. The van der Waals surface area contributed by atoms with Crippen molar-refractivity contribution < 1.29 is 4.92 Å². The quantitative estimate of drug-likeness (QED) is 0.470. The van der Waals surface area contributed by atoms with Crippen LogP contribution < -0.4 is 0 Å². The van der Waals surface area contributed by atoms with Crippen molar-refractivity contribution in [2.75, 3.05) is 0 Å². The first-order valence-corrected chi connectivity index (χ1v) is 6.05. The normalized spacial score (nSPS) is 10.8. The summed E-state index contributed by atoms with van der Waals surface area (Å²) in [6, 6.07) is 11.1. The van der Waals surface area contributed by atoms with Crippen molar-refractivity contribution in [3.8, 4) is 0 Å². The standard InChI is InChI=1S/C13H8Cl2N2O2/c14-10-1-3-11(4-2-10)16-8-9-7-12(17(18)19)5-6-13(9)15/h1-8H. The molecule has 0 heterocycles. The summed E-state index contributed by atoms with van der Waals surface area (Å²) in [6.07, 6.45) is 1.48. The molecule has 2 rings (SSSR count). The van der Waals surface area contributed by atoms with Gasteiger partial charge in [0.15, 0.2) is 0 Å². The zero-order chi connectivity index (χ0) is 13.8. The second-order valence-electron chi connectivity index (χ2n) is 3.70. The van der Waals surface area contributed by atoms with Crippen molar-refractivity contribution in [2.45, 2.75) is 0 Å². The number of hydrogen-bond acceptors (Lipinski definition) is 3. The molecular weight excluding hydrogens is 287 g/mol. The van der Waals surface area contributed by atoms with E-state index in [9.17, 15) is 10.1 Å². The molecule has 0 aliphatic carbocycles. The van der Waals surface area contributed by atoms with Crippen LogP contribution in [-0.2, 0) is 0 Å². The Morgan fingerprint density at radius 3 is 2.42 bits per heavy atom. The third kappa shape index (κ3) is 3.53. The summed E-state index contributed by atoms with van der Waals surface area (Å²) in [6.45, 7) is 0. The average Bonchev–Trinajstić information content (AvgIpc) is 2.39. The lowest BCUT2D eigenvalue weighted by molar-refractivity contribution is -0.384. The second-order valence-corrected chi connectivity index (χ2v) is 4.54. The molecule has 0 unspecified atom stereocenters. The maximum absolute atomic E-state index is 10.7. The largest absolute Gasteiger partial charge is 0.270 e. The highest BCUT2D eigenvalue weighted by atomic mass is 35.5. The van der Waals surface area contributed by atoms with Gasteiger partial charge in [0.2, 0.25) is 0 Å². The average molecular weight is 295 g/mol. The maximum atomic E-state index is 10.7. The minimum atomic E-state index is -0.476. The predicted molar refractivity (Wildman–Crippen MR) is 76.8 cm³/mol. The van der Waals surface area contributed by atoms with Crippen LogP contribution in [-0.4, -0.2) is 11.1 Å². The van der Waals surface area contributed by atoms with E-state index < -0.39 is 4.92 Å². The van der Waals surface area contributed by atoms with Gasteiger partial charge in [-0.1, -0.05) is 23.2 Å². The number of nitro benzene ring substituents is 1. The lowest BCUT2D eigenvalue weighted by atomic mass is 10.2. The zero-order valence-electron chi connectivity index (χ0n) is 9.59. The molecular formula is C13H8Cl2N2O2. The van der Waals surface area contributed by atoms with E-state index in [4.69, 9.17) is 23.2 Å². The number of non-ortho nitro benzene ring substituents is 1. The number of benzene rings is 2. The fourth-order valence-corrected chi connectivity index (χ4v) is 1.71. The second kappa shape index (κ2) is 5.82. The third-order valence-electron chi connectivity index (χ3n) is 2.37. The Balaban J connectivity index is 2.29. The van der Waals surface area contributed by atoms with Gasteiger partial charge in [-0.2, -0.15) is 0 Å². The Hall–Kier alpha value is -1.91. The summed E-state index contributed by atoms with van der Waals surface area (Å²) in [5.41, 5.74) is 1.15. The Kier molecular flexibility index (Phi) is 4.14. The zero-order valence-corrected chi connectivity index (χ0v) is 11.1. The van der Waals surface area contributed by atoms with E-state index in [1.807, 2.05) is 0 Å². The number of halogens is 2. The lowest BCUT2D eigenvalue weighted by Gasteiger charge is -1.98. The highest BCUT2D eigenvalue weighted by Crippen LogP contribution is 2.22. The molecule has 96 valence electrons. The van der Waals surface area contributed by atoms with Gasteiger partial charge in [0, 0.05) is 34.0 Å². The van der Waals surface area contributed by atoms with Gasteiger partial charge in [-0.05, 0) is 30.3 Å². The van der Waals surface area contributed by atoms with Crippen LogP contribution in [0, 0.1) is 10.1 Å². The third-order valence-corrected chi connectivity index (χ3v) is 2.97. The summed E-state index contributed by atoms with van der Waals surface area (Å²) in [5, 5.41) is 11.7. The molecule has 0 bridgehead atoms. The van der Waals surface area contributed by atoms with Gasteiger partial charge in [0.25, 0.3) is 5.69 Å². The summed E-state index contributed by atoms with van der Waals surface area (Å²) in [7, 11) is 0. The molecule has 0 aromatic heterocycles. The molecule has 6 heteroatoms. The van der Waals surface area contributed by atoms with Crippen molar-refractivity contribution in [3.63, 3.8) is 0 Å². The molecule has 0 saturated carbocycles. The van der Waals surface area contributed by atoms with E-state index in [2.05, 4.69) is 4.99 Å². The van der Waals surface area contributed by atoms with E-state index >= 15 is 0 Å². The van der Waals surface area contributed by atoms with Crippen LogP contribution >= 0.6 is 23.2 Å². The van der Waals surface area contributed by atoms with Gasteiger partial charge < -0.3 is 0 Å². The summed E-state index contributed by atoms with van der Waals surface area (Å²) in [5.74, 6) is 0. The van der Waals surface area contributed by atoms with Gasteiger partial charge in [-0.25, -0.2) is 0 Å². The van der Waals surface area contributed by atoms with Crippen LogP contribution in [0.4, 0.5) is 11.4 Å². The van der Waals surface area contributed by atoms with Crippen LogP contribution in [0.2, 0.25) is 10.0 Å². The van der Waals surface area contributed by atoms with Gasteiger partial charge in [0.1, 0.15) is 0 Å². The van der Waals surface area contributed by atoms with Crippen molar-refractivity contribution in [1.82, 2.24) is 0 Å². The highest BCUT2D eigenvalue weighted by Gasteiger charge is 2.08. The van der Waals surface area contributed by atoms with E-state index in [1.54, 1.807) is 24.3 Å². The Morgan fingerprint density at radius 1 is 1.11 bits per heavy atom. The van der Waals surface area contributed by atoms with Crippen molar-refractivity contribution in [3.05, 3.63) is 68.2 Å². The van der Waals surface area contributed by atoms with Crippen LogP contribution in [0.25, 0.3) is 0 Å². The molecule has 4 nitrogen and oxygen atoms in total. The molecule has 0 fully saturated rings. The Bertz CT molecular complexity index is 640. The molecule has 0 radical (unpaired) electrons. The fraction of sp³-hybridized carbons (Fsp3) is 0. The van der Waals surface area contributed by atoms with Crippen molar-refractivity contribution >= 4 is 40.8 Å². The number of aliphatic imine (C=N–C) groups is 1. The van der Waals surface area contributed by atoms with Crippen LogP contribution in [0.3, 0.4) is 0 Å². The Labute approximate surface area is 119 Å². The molecule has 0 aliphatic heterocycles. The molecule has 0 spiro atoms. The summed E-state index contributed by atoms with van der Waals surface area (Å²) >= 11 is 11.7. The summed E-state index contributed by atoms with van der Waals surface area (Å²) in [4.78, 5) is 14.4. The van der Waals surface area contributed by atoms with Crippen LogP contribution in [0.15, 0.2) is 47.5 Å². The number of nitrogens with zero attached hydrogens (tertiary/aromatic N) is 2. The topological polar surface area (TPSA) is 55.5 Å². The number of rotatable bonds is 3. The van der Waals surface area contributed by atoms with E-state index in [-0.39, 0.29) is 5.69 Å². The molecule has 0 N–H and O–H groups in total. The molecule has 0 amide bonds. The van der Waals surface area contributed by atoms with E-state index in [0.29, 0.717) is 21.3 Å². The summed E-state index contributed by atoms with van der Waals surface area (Å²) < 4.78 is 0. The molecule has 2 aromatic carbocycles. The Morgan fingerprint density at radius 2 is 1.79 bits per heavy atom. The van der Waals surface area contributed by atoms with E-state index in [0.717, 1.165) is 0 Å². The first kappa shape index (κ1) is 13.5. The SMILES string of the molecule is O=[N+]([O-])c1ccc(Cl)c(C=Nc2ccc(Cl)cc2)c1. The molecule has 0 aliphatic rings. The van der Waals surface area contributed by atoms with Gasteiger partial charge in [-0.3, -0.25) is 15.1 Å². The molecule has 19 heavy (non-hydrogen) atoms. The number of hydrogen-bond donors (Lipinski definition) is 0. The molecule has 2 aromatic rings. The minimum absolute atomic E-state index is 0.0260. The monoisotopic (exact) mass is 294 g/mol. The van der Waals surface area contributed by atoms with Crippen LogP contribution in [0.5, 0.6) is 0 Å². The smallest absolute Gasteiger partial charge is 0.258 e. The minimum Gasteiger partial charge on any atom is -0.258 e. The first-order chi connectivity index (χ1) is 9.06. The number of nitro groups is 1. The highest BCUT2D eigenvalue weighted by molar-refractivity contribution is 6.33. The van der Waals surface area contributed by atoms with Gasteiger partial charge in [0.05, 0.1) is 10.6 Å². The lowest BCUT2D eigenvalue weighted by Crippen LogP contribution is -1.90. The van der Waals surface area contributed by atoms with Crippen LogP contribution in [0.1, 0.15) is 5.56 Å². The van der Waals surface area contributed by atoms with Crippen molar-refractivity contribution in [1.29, 1.82) is 0 Å². The van der Waals surface area contributed by atoms with Gasteiger partial charge >= 0.3 is 0 Å².